The number of urea groups is 1. The molecule has 0 spiro atoms. The van der Waals surface area contributed by atoms with E-state index in [4.69, 9.17) is 15.2 Å². The van der Waals surface area contributed by atoms with Gasteiger partial charge in [0, 0.05) is 90.4 Å². The molecule has 14 atom stereocenters. The first-order chi connectivity index (χ1) is 50.2. The van der Waals surface area contributed by atoms with Crippen molar-refractivity contribution in [3.63, 3.8) is 0 Å². The van der Waals surface area contributed by atoms with E-state index in [9.17, 15) is 52.7 Å². The summed E-state index contributed by atoms with van der Waals surface area (Å²) < 4.78 is 12.3. The highest BCUT2D eigenvalue weighted by molar-refractivity contribution is 5.99. The number of hydrogen-bond acceptors (Lipinski definition) is 14. The molecule has 3 fully saturated rings. The molecule has 12 amide bonds. The monoisotopic (exact) mass is 1480 g/mol. The van der Waals surface area contributed by atoms with Crippen LogP contribution in [0.15, 0.2) is 54.6 Å². The lowest BCUT2D eigenvalue weighted by Gasteiger charge is -2.42. The summed E-state index contributed by atoms with van der Waals surface area (Å²) in [6, 6.07) is 9.45. The van der Waals surface area contributed by atoms with Gasteiger partial charge in [0.2, 0.25) is 59.1 Å². The van der Waals surface area contributed by atoms with Gasteiger partial charge in [-0.3, -0.25) is 52.8 Å². The number of ether oxygens (including phenoxy) is 2. The molecule has 26 heteroatoms. The second-order valence-corrected chi connectivity index (χ2v) is 31.8. The Hall–Kier alpha value is -7.71. The van der Waals surface area contributed by atoms with Crippen molar-refractivity contribution in [3.05, 3.63) is 65.7 Å². The minimum atomic E-state index is -1.13. The molecule has 0 bridgehead atoms. The Morgan fingerprint density at radius 1 is 0.660 bits per heavy atom. The molecule has 0 aromatic heterocycles. The first-order valence-corrected chi connectivity index (χ1v) is 39.0. The number of likely N-dealkylation sites (N-methyl/N-ethyl adjacent to an activating group) is 2. The number of carbonyl (C=O) groups is 11. The van der Waals surface area contributed by atoms with Gasteiger partial charge in [-0.1, -0.05) is 150 Å². The molecule has 2 aromatic rings. The largest absolute Gasteiger partial charge is 0.379 e. The van der Waals surface area contributed by atoms with E-state index in [0.29, 0.717) is 56.4 Å². The number of hydrogen-bond donors (Lipinski definition) is 9. The van der Waals surface area contributed by atoms with Gasteiger partial charge in [0.15, 0.2) is 0 Å². The van der Waals surface area contributed by atoms with Crippen LogP contribution in [0.25, 0.3) is 0 Å². The smallest absolute Gasteiger partial charge is 0.312 e. The summed E-state index contributed by atoms with van der Waals surface area (Å²) in [5, 5.41) is 23.1. The van der Waals surface area contributed by atoms with Crippen LogP contribution in [0.2, 0.25) is 0 Å². The number of anilines is 1. The highest BCUT2D eigenvalue weighted by Gasteiger charge is 2.45. The number of methoxy groups -OCH3 is 2. The lowest BCUT2D eigenvalue weighted by Crippen LogP contribution is -2.61. The number of amides is 12. The Morgan fingerprint density at radius 2 is 1.32 bits per heavy atom. The maximum Gasteiger partial charge on any atom is 0.312 e. The minimum absolute atomic E-state index is 0.00867. The van der Waals surface area contributed by atoms with Crippen molar-refractivity contribution in [3.8, 4) is 0 Å². The van der Waals surface area contributed by atoms with Crippen molar-refractivity contribution in [1.82, 2.24) is 56.8 Å². The summed E-state index contributed by atoms with van der Waals surface area (Å²) in [6.07, 6.45) is 9.00. The highest BCUT2D eigenvalue weighted by atomic mass is 16.5. The summed E-state index contributed by atoms with van der Waals surface area (Å²) in [5.41, 5.74) is 6.77. The quantitative estimate of drug-likeness (QED) is 0.0293. The Kier molecular flexibility index (Phi) is 36.3. The van der Waals surface area contributed by atoms with Crippen LogP contribution < -0.4 is 48.3 Å². The number of nitrogens with one attached hydrogen (secondary N) is 8. The Balaban J connectivity index is 1.21. The number of primary amides is 1. The van der Waals surface area contributed by atoms with Gasteiger partial charge in [0.25, 0.3) is 0 Å². The van der Waals surface area contributed by atoms with Crippen molar-refractivity contribution in [1.29, 1.82) is 0 Å². The normalized spacial score (nSPS) is 19.2. The van der Waals surface area contributed by atoms with Crippen LogP contribution in [-0.2, 0) is 70.4 Å². The van der Waals surface area contributed by atoms with E-state index in [0.717, 1.165) is 43.6 Å². The fourth-order valence-electron chi connectivity index (χ4n) is 15.4. The van der Waals surface area contributed by atoms with Gasteiger partial charge in [0.1, 0.15) is 24.2 Å². The van der Waals surface area contributed by atoms with Gasteiger partial charge in [-0.2, -0.15) is 0 Å². The van der Waals surface area contributed by atoms with Crippen molar-refractivity contribution in [2.75, 3.05) is 60.3 Å². The molecule has 106 heavy (non-hydrogen) atoms. The molecule has 2 heterocycles. The molecule has 0 radical (unpaired) electrons. The van der Waals surface area contributed by atoms with E-state index in [2.05, 4.69) is 63.3 Å². The average Bonchev–Trinajstić information content (AvgIpc) is 0.923. The zero-order chi connectivity index (χ0) is 78.7. The number of carbonyl (C=O) groups excluding carboxylic acids is 11. The maximum atomic E-state index is 14.8. The van der Waals surface area contributed by atoms with Gasteiger partial charge in [-0.05, 0) is 132 Å². The van der Waals surface area contributed by atoms with Crippen molar-refractivity contribution in [2.45, 2.75) is 272 Å². The summed E-state index contributed by atoms with van der Waals surface area (Å²) in [6.45, 7) is 24.3. The SMILES string of the molecule is CCCC(C)NC(=O)[C@@H]1CCN(C(=O)CCC(=O)N[C@H](C(=O)N[C@@H](CCCNC(N)=O)C(=O)Nc2ccc(CNC(=O)[C@H](Cc3ccccc3)NC(=O)[C@H](C)[C@@H](OC)[C@@H]3CCCN3C(=O)C[C@@H](OC)[C@H]([C@@H](C)CC)N(C)C(=O)[C@@H](NC(=O)[C@@H](N(C)C)C(C)(C)CCCC3CC3)C(C)C)cc2)C(C)C)[C@H](C)C1. The Morgan fingerprint density at radius 3 is 1.91 bits per heavy atom. The Bertz CT molecular complexity index is 3190. The van der Waals surface area contributed by atoms with E-state index in [1.165, 1.54) is 20.0 Å². The molecule has 1 aliphatic carbocycles. The predicted molar refractivity (Wildman–Crippen MR) is 411 cm³/mol. The minimum Gasteiger partial charge on any atom is -0.379 e. The van der Waals surface area contributed by atoms with Gasteiger partial charge in [-0.25, -0.2) is 4.79 Å². The summed E-state index contributed by atoms with van der Waals surface area (Å²) in [4.78, 5) is 159. The van der Waals surface area contributed by atoms with Crippen molar-refractivity contribution in [2.24, 2.45) is 46.7 Å². The molecule has 1 unspecified atom stereocenters. The maximum absolute atomic E-state index is 14.8. The molecular formula is C80H131N13O13. The molecule has 10 N–H and O–H groups in total. The van der Waals surface area contributed by atoms with E-state index in [-0.39, 0.29) is 116 Å². The molecular weight excluding hydrogens is 1350 g/mol. The third kappa shape index (κ3) is 27.2. The Labute approximate surface area is 631 Å². The van der Waals surface area contributed by atoms with Crippen molar-refractivity contribution < 1.29 is 62.2 Å². The predicted octanol–water partition coefficient (Wildman–Crippen LogP) is 7.35. The highest BCUT2D eigenvalue weighted by Crippen LogP contribution is 2.38. The molecule has 26 nitrogen and oxygen atoms in total. The third-order valence-corrected chi connectivity index (χ3v) is 21.8. The third-order valence-electron chi connectivity index (χ3n) is 21.8. The number of rotatable bonds is 44. The van der Waals surface area contributed by atoms with Crippen LogP contribution >= 0.6 is 0 Å². The van der Waals surface area contributed by atoms with Gasteiger partial charge >= 0.3 is 6.03 Å². The van der Waals surface area contributed by atoms with Gasteiger partial charge in [-0.15, -0.1) is 0 Å². The van der Waals surface area contributed by atoms with Crippen molar-refractivity contribution >= 4 is 70.8 Å². The fourth-order valence-corrected chi connectivity index (χ4v) is 15.4. The number of nitrogens with two attached hydrogens (primary N) is 1. The topological polar surface area (TPSA) is 341 Å². The van der Waals surface area contributed by atoms with Gasteiger partial charge in [0.05, 0.1) is 42.7 Å². The molecule has 1 saturated carbocycles. The first-order valence-electron chi connectivity index (χ1n) is 39.0. The summed E-state index contributed by atoms with van der Waals surface area (Å²) >= 11 is 0. The molecule has 594 valence electrons. The standard InChI is InChI=1S/C80H131N13O13/c1-18-26-52(8)84-73(98)58-40-44-92(53(9)45-58)65(95)39-38-64(94)88-67(49(3)4)76(101)86-60(30-24-42-82-79(81)104)75(100)85-59-36-34-57(35-37-59)48-83-74(99)61(46-56-27-21-20-22-28-56)87-72(97)54(10)70(106-17)62-31-25-43-93(62)66(96)47-63(105-16)69(51(7)19-2)91(15)78(103)68(50(5)6)89-77(102)71(90(13)14)80(11,12)41-23-29-55-32-33-55/h20-22,27-28,34-37,49-55,58,60-63,67-71H,18-19,23-26,29-33,38-48H2,1-17H3,(H,83,99)(H,84,98)(H,85,100)(H,86,101)(H,87,97)(H,88,94)(H,89,102)(H3,81,82,104)/t51-,52?,53+,54+,58+,60-,61-,62-,63+,67-,68-,69-,70+,71+/m0/s1. The van der Waals surface area contributed by atoms with Crippen LogP contribution in [-0.4, -0.2) is 206 Å². The second-order valence-electron chi connectivity index (χ2n) is 31.8. The number of benzene rings is 2. The van der Waals surface area contributed by atoms with E-state index in [1.807, 2.05) is 90.9 Å². The number of piperidine rings is 1. The van der Waals surface area contributed by atoms with Gasteiger partial charge < -0.3 is 72.4 Å². The lowest BCUT2D eigenvalue weighted by atomic mass is 9.78. The van der Waals surface area contributed by atoms with Crippen LogP contribution in [0, 0.1) is 40.9 Å². The second kappa shape index (κ2) is 43.3. The molecule has 5 rings (SSSR count). The molecule has 3 aliphatic rings. The van der Waals surface area contributed by atoms with E-state index >= 15 is 0 Å². The number of nitrogens with zero attached hydrogens (tertiary/aromatic N) is 4. The van der Waals surface area contributed by atoms with Crippen LogP contribution in [0.4, 0.5) is 10.5 Å². The summed E-state index contributed by atoms with van der Waals surface area (Å²) in [5.74, 6) is -4.62. The number of likely N-dealkylation sites (tertiary alicyclic amines) is 2. The van der Waals surface area contributed by atoms with E-state index < -0.39 is 102 Å². The molecule has 2 aromatic carbocycles. The van der Waals surface area contributed by atoms with Crippen LogP contribution in [0.1, 0.15) is 203 Å². The van der Waals surface area contributed by atoms with Crippen LogP contribution in [0.3, 0.4) is 0 Å². The van der Waals surface area contributed by atoms with E-state index in [1.54, 1.807) is 73.9 Å². The molecule has 2 aliphatic heterocycles. The molecule has 2 saturated heterocycles. The summed E-state index contributed by atoms with van der Waals surface area (Å²) in [7, 11) is 8.60. The fraction of sp³-hybridized carbons (Fsp3) is 0.713. The zero-order valence-electron chi connectivity index (χ0n) is 66.7. The zero-order valence-corrected chi connectivity index (χ0v) is 66.7. The average molecular weight is 1480 g/mol. The lowest BCUT2D eigenvalue weighted by molar-refractivity contribution is -0.148. The van der Waals surface area contributed by atoms with Crippen LogP contribution in [0.5, 0.6) is 0 Å². The first kappa shape index (κ1) is 88.9.